The van der Waals surface area contributed by atoms with Crippen LogP contribution in [0.5, 0.6) is 0 Å². The Labute approximate surface area is 115 Å². The van der Waals surface area contributed by atoms with Crippen LogP contribution in [0.2, 0.25) is 5.02 Å². The average molecular weight is 237 g/mol. The number of aromatic nitrogens is 1. The van der Waals surface area contributed by atoms with E-state index in [1.807, 2.05) is 0 Å². The van der Waals surface area contributed by atoms with Crippen LogP contribution in [0.4, 0.5) is 0 Å². The summed E-state index contributed by atoms with van der Waals surface area (Å²) in [5, 5.41) is 13.6. The molecule has 0 amide bonds. The average Bonchev–Trinajstić information content (AvgIpc) is 2.15. The number of nitrogens with zero attached hydrogens (tertiary/aromatic N) is 1. The van der Waals surface area contributed by atoms with Crippen LogP contribution < -0.4 is 40.0 Å². The van der Waals surface area contributed by atoms with Crippen molar-refractivity contribution in [2.45, 2.75) is 13.0 Å². The van der Waals surface area contributed by atoms with Gasteiger partial charge >= 0.3 is 29.6 Å². The second-order valence-electron chi connectivity index (χ2n) is 2.77. The predicted molar refractivity (Wildman–Crippen MR) is 50.6 cm³/mol. The molecule has 0 unspecified atom stereocenters. The molecule has 0 bridgehead atoms. The molecule has 76 valence electrons. The molecule has 0 spiro atoms. The minimum atomic E-state index is -1.06. The third-order valence-corrected chi connectivity index (χ3v) is 2.02. The Balaban J connectivity index is 0.00000196. The predicted octanol–water partition coefficient (Wildman–Crippen LogP) is -3.03. The van der Waals surface area contributed by atoms with Crippen molar-refractivity contribution < 1.29 is 39.5 Å². The Morgan fingerprint density at radius 1 is 1.60 bits per heavy atom. The monoisotopic (exact) mass is 236 g/mol. The number of rotatable bonds is 5. The maximum atomic E-state index is 10.1. The molecule has 0 saturated carbocycles. The summed E-state index contributed by atoms with van der Waals surface area (Å²) in [7, 11) is 0. The van der Waals surface area contributed by atoms with Gasteiger partial charge in [0.05, 0.1) is 5.02 Å². The first-order valence-electron chi connectivity index (χ1n) is 4.19. The summed E-state index contributed by atoms with van der Waals surface area (Å²) in [5.41, 5.74) is 0.903. The quantitative estimate of drug-likeness (QED) is 0.436. The van der Waals surface area contributed by atoms with Gasteiger partial charge < -0.3 is 15.2 Å². The number of carbonyl (C=O) groups is 1. The summed E-state index contributed by atoms with van der Waals surface area (Å²) in [6, 6.07) is 1.79. The Hall–Kier alpha value is -0.130. The first-order valence-corrected chi connectivity index (χ1v) is 4.57. The molecule has 1 heterocycles. The molecule has 0 saturated heterocycles. The van der Waals surface area contributed by atoms with Crippen LogP contribution in [0.15, 0.2) is 18.5 Å². The molecule has 1 N–H and O–H groups in total. The number of pyridine rings is 1. The second-order valence-corrected chi connectivity index (χ2v) is 3.17. The molecule has 0 aliphatic carbocycles. The van der Waals surface area contributed by atoms with E-state index in [4.69, 9.17) is 11.6 Å². The zero-order chi connectivity index (χ0) is 10.4. The molecule has 0 fully saturated rings. The molecule has 6 heteroatoms. The van der Waals surface area contributed by atoms with E-state index in [2.05, 4.69) is 10.3 Å². The van der Waals surface area contributed by atoms with Crippen LogP contribution in [-0.4, -0.2) is 17.5 Å². The summed E-state index contributed by atoms with van der Waals surface area (Å²) >= 11 is 5.83. The number of carbonyl (C=O) groups excluding carboxylic acids is 1. The summed E-state index contributed by atoms with van der Waals surface area (Å²) in [4.78, 5) is 13.9. The van der Waals surface area contributed by atoms with Gasteiger partial charge in [0.2, 0.25) is 0 Å². The fourth-order valence-electron chi connectivity index (χ4n) is 0.961. The topological polar surface area (TPSA) is 65.0 Å². The normalized spacial score (nSPS) is 9.40. The van der Waals surface area contributed by atoms with Crippen molar-refractivity contribution >= 4 is 17.6 Å². The van der Waals surface area contributed by atoms with Crippen molar-refractivity contribution in [2.24, 2.45) is 0 Å². The number of hydrogen-bond donors (Lipinski definition) is 1. The summed E-state index contributed by atoms with van der Waals surface area (Å²) in [5.74, 6) is -1.06. The van der Waals surface area contributed by atoms with E-state index in [9.17, 15) is 9.90 Å². The Kier molecular flexibility index (Phi) is 8.00. The third kappa shape index (κ3) is 6.12. The first-order chi connectivity index (χ1) is 6.70. The number of hydrogen-bond acceptors (Lipinski definition) is 4. The van der Waals surface area contributed by atoms with Crippen LogP contribution in [-0.2, 0) is 11.3 Å². The van der Waals surface area contributed by atoms with E-state index in [0.717, 1.165) is 5.56 Å². The van der Waals surface area contributed by atoms with Crippen LogP contribution in [0, 0.1) is 0 Å². The molecular weight excluding hydrogens is 227 g/mol. The van der Waals surface area contributed by atoms with Gasteiger partial charge in [0.1, 0.15) is 0 Å². The van der Waals surface area contributed by atoms with Crippen molar-refractivity contribution in [1.29, 1.82) is 0 Å². The van der Waals surface area contributed by atoms with Crippen LogP contribution in [0.25, 0.3) is 0 Å². The van der Waals surface area contributed by atoms with Gasteiger partial charge in [-0.2, -0.15) is 0 Å². The zero-order valence-corrected chi connectivity index (χ0v) is 11.3. The number of halogens is 1. The molecule has 4 nitrogen and oxygen atoms in total. The molecule has 1 rings (SSSR count). The van der Waals surface area contributed by atoms with Crippen molar-refractivity contribution in [3.63, 3.8) is 0 Å². The summed E-state index contributed by atoms with van der Waals surface area (Å²) < 4.78 is 0. The van der Waals surface area contributed by atoms with Crippen molar-refractivity contribution in [1.82, 2.24) is 10.3 Å². The van der Waals surface area contributed by atoms with Gasteiger partial charge in [-0.1, -0.05) is 11.6 Å². The maximum Gasteiger partial charge on any atom is 1.00 e. The molecule has 1 aromatic heterocycles. The third-order valence-electron chi connectivity index (χ3n) is 1.68. The van der Waals surface area contributed by atoms with Gasteiger partial charge in [-0.05, 0) is 18.1 Å². The number of aliphatic carboxylic acids is 1. The fraction of sp³-hybridized carbons (Fsp3) is 0.333. The smallest absolute Gasteiger partial charge is 0.550 e. The van der Waals surface area contributed by atoms with Crippen molar-refractivity contribution in [3.05, 3.63) is 29.0 Å². The van der Waals surface area contributed by atoms with Crippen molar-refractivity contribution in [2.75, 3.05) is 6.54 Å². The standard InChI is InChI=1S/C9H11ClN2O2.Na/c10-8-6-12-3-1-7(8)5-11-4-2-9(13)14;/h1,3,6,11H,2,4-5H2,(H,13,14);/q;+1/p-1. The molecule has 0 aromatic carbocycles. The Morgan fingerprint density at radius 2 is 2.33 bits per heavy atom. The molecule has 0 radical (unpaired) electrons. The van der Waals surface area contributed by atoms with E-state index >= 15 is 0 Å². The van der Waals surface area contributed by atoms with Gasteiger partial charge in [-0.3, -0.25) is 4.98 Å². The minimum Gasteiger partial charge on any atom is -0.550 e. The van der Waals surface area contributed by atoms with Gasteiger partial charge in [-0.25, -0.2) is 0 Å². The van der Waals surface area contributed by atoms with Crippen LogP contribution in [0.3, 0.4) is 0 Å². The molecule has 1 aromatic rings. The summed E-state index contributed by atoms with van der Waals surface area (Å²) in [6.45, 7) is 0.912. The van der Waals surface area contributed by atoms with E-state index in [1.54, 1.807) is 18.5 Å². The van der Waals surface area contributed by atoms with Crippen LogP contribution in [0.1, 0.15) is 12.0 Å². The van der Waals surface area contributed by atoms with Crippen molar-refractivity contribution in [3.8, 4) is 0 Å². The van der Waals surface area contributed by atoms with Crippen LogP contribution >= 0.6 is 11.6 Å². The molecular formula is C9H10ClN2NaO2. The minimum absolute atomic E-state index is 0. The fourth-order valence-corrected chi connectivity index (χ4v) is 1.15. The first kappa shape index (κ1) is 14.9. The molecule has 0 atom stereocenters. The molecule has 15 heavy (non-hydrogen) atoms. The van der Waals surface area contributed by atoms with E-state index in [-0.39, 0.29) is 36.0 Å². The van der Waals surface area contributed by atoms with Gasteiger partial charge in [0.15, 0.2) is 0 Å². The number of carboxylic acids is 1. The summed E-state index contributed by atoms with van der Waals surface area (Å²) in [6.07, 6.45) is 3.20. The van der Waals surface area contributed by atoms with Gasteiger partial charge in [-0.15, -0.1) is 0 Å². The van der Waals surface area contributed by atoms with E-state index < -0.39 is 5.97 Å². The molecule has 0 aliphatic heterocycles. The Bertz CT molecular complexity index is 323. The largest absolute Gasteiger partial charge is 1.00 e. The molecule has 0 aliphatic rings. The maximum absolute atomic E-state index is 10.1. The van der Waals surface area contributed by atoms with E-state index in [0.29, 0.717) is 18.1 Å². The SMILES string of the molecule is O=C([O-])CCNCc1ccncc1Cl.[Na+]. The van der Waals surface area contributed by atoms with Gasteiger partial charge in [0.25, 0.3) is 0 Å². The zero-order valence-electron chi connectivity index (χ0n) is 8.50. The van der Waals surface area contributed by atoms with Gasteiger partial charge in [0, 0.05) is 31.5 Å². The second kappa shape index (κ2) is 8.07. The van der Waals surface area contributed by atoms with E-state index in [1.165, 1.54) is 0 Å². The Morgan fingerprint density at radius 3 is 2.93 bits per heavy atom. The number of carboxylic acid groups (broad SMARTS) is 1. The number of nitrogens with one attached hydrogen (secondary N) is 1.